The summed E-state index contributed by atoms with van der Waals surface area (Å²) in [7, 11) is 1.88. The molecule has 0 aromatic heterocycles. The van der Waals surface area contributed by atoms with E-state index in [1.54, 1.807) is 0 Å². The minimum Gasteiger partial charge on any atom is -0.369 e. The number of amides is 1. The summed E-state index contributed by atoms with van der Waals surface area (Å²) in [5, 5.41) is 0. The van der Waals surface area contributed by atoms with Gasteiger partial charge in [0.05, 0.1) is 6.54 Å². The van der Waals surface area contributed by atoms with Gasteiger partial charge in [0.2, 0.25) is 5.91 Å². The lowest BCUT2D eigenvalue weighted by Gasteiger charge is -2.14. The van der Waals surface area contributed by atoms with Crippen LogP contribution in [0.2, 0.25) is 0 Å². The van der Waals surface area contributed by atoms with Crippen molar-refractivity contribution in [3.63, 3.8) is 0 Å². The second kappa shape index (κ2) is 6.16. The van der Waals surface area contributed by atoms with Gasteiger partial charge in [-0.1, -0.05) is 54.6 Å². The molecule has 3 heteroatoms. The van der Waals surface area contributed by atoms with E-state index in [9.17, 15) is 4.79 Å². The number of nitrogens with two attached hydrogens (primary N) is 1. The largest absolute Gasteiger partial charge is 0.369 e. The topological polar surface area (TPSA) is 46.3 Å². The van der Waals surface area contributed by atoms with Gasteiger partial charge in [0.15, 0.2) is 0 Å². The Hall–Kier alpha value is -2.13. The number of benzene rings is 2. The predicted molar refractivity (Wildman–Crippen MR) is 77.4 cm³/mol. The van der Waals surface area contributed by atoms with Crippen molar-refractivity contribution in [1.82, 2.24) is 4.90 Å². The van der Waals surface area contributed by atoms with Gasteiger partial charge in [-0.25, -0.2) is 0 Å². The van der Waals surface area contributed by atoms with E-state index >= 15 is 0 Å². The molecule has 19 heavy (non-hydrogen) atoms. The zero-order chi connectivity index (χ0) is 13.7. The number of carbonyl (C=O) groups excluding carboxylic acids is 1. The standard InChI is InChI=1S/C16H18N2O/c1-18(12-16(17)19)11-13-7-9-15(10-8-13)14-5-3-2-4-6-14/h2-10H,11-12H2,1H3,(H2,17,19). The van der Waals surface area contributed by atoms with Crippen LogP contribution < -0.4 is 5.73 Å². The SMILES string of the molecule is CN(CC(N)=O)Cc1ccc(-c2ccccc2)cc1. The fourth-order valence-corrected chi connectivity index (χ4v) is 2.07. The fourth-order valence-electron chi connectivity index (χ4n) is 2.07. The molecular formula is C16H18N2O. The molecule has 3 nitrogen and oxygen atoms in total. The number of nitrogens with zero attached hydrogens (tertiary/aromatic N) is 1. The van der Waals surface area contributed by atoms with E-state index in [1.807, 2.05) is 30.1 Å². The molecule has 0 saturated heterocycles. The van der Waals surface area contributed by atoms with Gasteiger partial charge in [-0.2, -0.15) is 0 Å². The third-order valence-electron chi connectivity index (χ3n) is 2.94. The molecule has 98 valence electrons. The Labute approximate surface area is 113 Å². The van der Waals surface area contributed by atoms with Gasteiger partial charge in [0.1, 0.15) is 0 Å². The highest BCUT2D eigenvalue weighted by molar-refractivity contribution is 5.75. The van der Waals surface area contributed by atoms with Crippen molar-refractivity contribution in [2.45, 2.75) is 6.54 Å². The Bertz CT molecular complexity index is 534. The van der Waals surface area contributed by atoms with Crippen LogP contribution >= 0.6 is 0 Å². The lowest BCUT2D eigenvalue weighted by molar-refractivity contribution is -0.118. The first-order valence-corrected chi connectivity index (χ1v) is 6.26. The lowest BCUT2D eigenvalue weighted by atomic mass is 10.0. The van der Waals surface area contributed by atoms with Crippen LogP contribution in [0, 0.1) is 0 Å². The van der Waals surface area contributed by atoms with E-state index in [4.69, 9.17) is 5.73 Å². The molecule has 0 aliphatic rings. The first-order chi connectivity index (χ1) is 9.15. The maximum Gasteiger partial charge on any atom is 0.231 e. The van der Waals surface area contributed by atoms with Gasteiger partial charge >= 0.3 is 0 Å². The van der Waals surface area contributed by atoms with E-state index < -0.39 is 0 Å². The smallest absolute Gasteiger partial charge is 0.231 e. The zero-order valence-electron chi connectivity index (χ0n) is 11.0. The third-order valence-corrected chi connectivity index (χ3v) is 2.94. The Kier molecular flexibility index (Phi) is 4.31. The molecule has 2 aromatic rings. The van der Waals surface area contributed by atoms with Gasteiger partial charge in [-0.3, -0.25) is 9.69 Å². The van der Waals surface area contributed by atoms with Crippen molar-refractivity contribution >= 4 is 5.91 Å². The van der Waals surface area contributed by atoms with Crippen LogP contribution in [0.4, 0.5) is 0 Å². The highest BCUT2D eigenvalue weighted by Crippen LogP contribution is 2.19. The molecule has 2 aromatic carbocycles. The highest BCUT2D eigenvalue weighted by Gasteiger charge is 2.04. The average molecular weight is 254 g/mol. The van der Waals surface area contributed by atoms with Crippen LogP contribution in [0.5, 0.6) is 0 Å². The average Bonchev–Trinajstić information content (AvgIpc) is 2.39. The molecule has 2 rings (SSSR count). The van der Waals surface area contributed by atoms with Gasteiger partial charge < -0.3 is 5.73 Å². The Morgan fingerprint density at radius 1 is 1.00 bits per heavy atom. The molecule has 0 unspecified atom stereocenters. The van der Waals surface area contributed by atoms with Crippen molar-refractivity contribution in [1.29, 1.82) is 0 Å². The third kappa shape index (κ3) is 3.93. The lowest BCUT2D eigenvalue weighted by Crippen LogP contribution is -2.30. The summed E-state index contributed by atoms with van der Waals surface area (Å²) in [4.78, 5) is 12.7. The second-order valence-corrected chi connectivity index (χ2v) is 4.70. The van der Waals surface area contributed by atoms with E-state index in [0.717, 1.165) is 6.54 Å². The quantitative estimate of drug-likeness (QED) is 0.889. The van der Waals surface area contributed by atoms with Gasteiger partial charge in [-0.15, -0.1) is 0 Å². The Balaban J connectivity index is 2.05. The summed E-state index contributed by atoms with van der Waals surface area (Å²) in [6.07, 6.45) is 0. The van der Waals surface area contributed by atoms with Gasteiger partial charge in [0, 0.05) is 6.54 Å². The number of likely N-dealkylation sites (N-methyl/N-ethyl adjacent to an activating group) is 1. The minimum atomic E-state index is -0.302. The number of hydrogen-bond acceptors (Lipinski definition) is 2. The maximum absolute atomic E-state index is 10.8. The number of rotatable bonds is 5. The molecule has 0 fully saturated rings. The van der Waals surface area contributed by atoms with Gasteiger partial charge in [-0.05, 0) is 23.7 Å². The highest BCUT2D eigenvalue weighted by atomic mass is 16.1. The monoisotopic (exact) mass is 254 g/mol. The van der Waals surface area contributed by atoms with E-state index in [2.05, 4.69) is 36.4 Å². The fraction of sp³-hybridized carbons (Fsp3) is 0.188. The molecule has 0 bridgehead atoms. The molecule has 1 amide bonds. The predicted octanol–water partition coefficient (Wildman–Crippen LogP) is 2.27. The molecule has 0 saturated carbocycles. The van der Waals surface area contributed by atoms with E-state index in [-0.39, 0.29) is 12.5 Å². The molecule has 0 heterocycles. The van der Waals surface area contributed by atoms with Crippen molar-refractivity contribution in [2.24, 2.45) is 5.73 Å². The van der Waals surface area contributed by atoms with E-state index in [1.165, 1.54) is 16.7 Å². The number of primary amides is 1. The molecule has 0 aliphatic carbocycles. The molecule has 0 atom stereocenters. The molecule has 0 radical (unpaired) electrons. The van der Waals surface area contributed by atoms with Crippen molar-refractivity contribution in [3.05, 3.63) is 60.2 Å². The summed E-state index contributed by atoms with van der Waals surface area (Å²) in [6, 6.07) is 18.6. The van der Waals surface area contributed by atoms with Crippen molar-refractivity contribution in [3.8, 4) is 11.1 Å². The molecule has 2 N–H and O–H groups in total. The summed E-state index contributed by atoms with van der Waals surface area (Å²) >= 11 is 0. The maximum atomic E-state index is 10.8. The number of hydrogen-bond donors (Lipinski definition) is 1. The van der Waals surface area contributed by atoms with Crippen LogP contribution in [0.25, 0.3) is 11.1 Å². The Morgan fingerprint density at radius 2 is 1.58 bits per heavy atom. The summed E-state index contributed by atoms with van der Waals surface area (Å²) < 4.78 is 0. The summed E-state index contributed by atoms with van der Waals surface area (Å²) in [6.45, 7) is 0.998. The van der Waals surface area contributed by atoms with Crippen LogP contribution in [-0.4, -0.2) is 24.4 Å². The summed E-state index contributed by atoms with van der Waals surface area (Å²) in [5.74, 6) is -0.302. The molecular weight excluding hydrogens is 236 g/mol. The van der Waals surface area contributed by atoms with Crippen LogP contribution in [-0.2, 0) is 11.3 Å². The minimum absolute atomic E-state index is 0.278. The van der Waals surface area contributed by atoms with Crippen LogP contribution in [0.1, 0.15) is 5.56 Å². The van der Waals surface area contributed by atoms with E-state index in [0.29, 0.717) is 0 Å². The number of carbonyl (C=O) groups is 1. The summed E-state index contributed by atoms with van der Waals surface area (Å²) in [5.41, 5.74) is 8.74. The molecule has 0 spiro atoms. The van der Waals surface area contributed by atoms with Gasteiger partial charge in [0.25, 0.3) is 0 Å². The molecule has 0 aliphatic heterocycles. The van der Waals surface area contributed by atoms with Crippen molar-refractivity contribution in [2.75, 3.05) is 13.6 Å². The first kappa shape index (κ1) is 13.3. The second-order valence-electron chi connectivity index (χ2n) is 4.70. The van der Waals surface area contributed by atoms with Crippen LogP contribution in [0.15, 0.2) is 54.6 Å². The normalized spacial score (nSPS) is 10.6. The Morgan fingerprint density at radius 3 is 2.16 bits per heavy atom. The zero-order valence-corrected chi connectivity index (χ0v) is 11.0. The first-order valence-electron chi connectivity index (χ1n) is 6.26. The van der Waals surface area contributed by atoms with Crippen LogP contribution in [0.3, 0.4) is 0 Å². The van der Waals surface area contributed by atoms with Crippen molar-refractivity contribution < 1.29 is 4.79 Å².